The van der Waals surface area contributed by atoms with E-state index in [1.165, 1.54) is 11.0 Å². The van der Waals surface area contributed by atoms with E-state index in [0.717, 1.165) is 21.9 Å². The topological polar surface area (TPSA) is 115 Å². The van der Waals surface area contributed by atoms with E-state index >= 15 is 0 Å². The molecule has 0 bridgehead atoms. The van der Waals surface area contributed by atoms with Crippen molar-refractivity contribution in [1.82, 2.24) is 19.8 Å². The van der Waals surface area contributed by atoms with Crippen molar-refractivity contribution in [3.8, 4) is 11.9 Å². The zero-order valence-corrected chi connectivity index (χ0v) is 24.4. The summed E-state index contributed by atoms with van der Waals surface area (Å²) in [5.74, 6) is 1.83. The second-order valence-corrected chi connectivity index (χ2v) is 10.7. The molecular formula is C31H32ClN7O3. The van der Waals surface area contributed by atoms with Crippen LogP contribution in [0.25, 0.3) is 16.5 Å². The normalized spacial score (nSPS) is 16.1. The van der Waals surface area contributed by atoms with Crippen LogP contribution in [0.1, 0.15) is 24.0 Å². The molecule has 0 aliphatic carbocycles. The number of carbonyl (C=O) groups excluding carboxylic acids is 2. The minimum absolute atomic E-state index is 0.0164. The molecule has 11 heteroatoms. The summed E-state index contributed by atoms with van der Waals surface area (Å²) >= 11 is 6.61. The highest BCUT2D eigenvalue weighted by atomic mass is 35.5. The van der Waals surface area contributed by atoms with Gasteiger partial charge in [0.05, 0.1) is 24.1 Å². The van der Waals surface area contributed by atoms with Crippen molar-refractivity contribution in [2.75, 3.05) is 50.5 Å². The Hall–Kier alpha value is -4.62. The number of nitriles is 1. The van der Waals surface area contributed by atoms with Crippen LogP contribution in [0.15, 0.2) is 55.1 Å². The second kappa shape index (κ2) is 12.5. The highest BCUT2D eigenvalue weighted by Gasteiger charge is 2.33. The number of anilines is 2. The summed E-state index contributed by atoms with van der Waals surface area (Å²) in [6.45, 7) is 5.31. The number of fused-ring (bicyclic) bond motifs is 2. The van der Waals surface area contributed by atoms with Gasteiger partial charge in [-0.1, -0.05) is 48.5 Å². The molecule has 0 spiro atoms. The van der Waals surface area contributed by atoms with E-state index in [4.69, 9.17) is 26.3 Å². The first-order chi connectivity index (χ1) is 20.3. The Kier molecular flexibility index (Phi) is 8.59. The number of carbonyl (C=O) groups is 2. The van der Waals surface area contributed by atoms with E-state index in [9.17, 15) is 14.9 Å². The van der Waals surface area contributed by atoms with Crippen LogP contribution in [0, 0.1) is 11.3 Å². The van der Waals surface area contributed by atoms with Crippen LogP contribution in [-0.2, 0) is 16.0 Å². The number of hydrogen-bond donors (Lipinski definition) is 1. The van der Waals surface area contributed by atoms with Crippen LogP contribution >= 0.6 is 11.6 Å². The molecule has 1 atom stereocenters. The van der Waals surface area contributed by atoms with Crippen molar-refractivity contribution >= 4 is 51.7 Å². The number of benzene rings is 2. The Bertz CT molecular complexity index is 1610. The van der Waals surface area contributed by atoms with Gasteiger partial charge in [-0.3, -0.25) is 9.59 Å². The van der Waals surface area contributed by atoms with Crippen LogP contribution in [-0.4, -0.2) is 77.9 Å². The van der Waals surface area contributed by atoms with E-state index in [2.05, 4.69) is 22.9 Å². The van der Waals surface area contributed by atoms with Gasteiger partial charge in [0.15, 0.2) is 0 Å². The molecule has 0 radical (unpaired) electrons. The Morgan fingerprint density at radius 1 is 1.24 bits per heavy atom. The van der Waals surface area contributed by atoms with Gasteiger partial charge >= 0.3 is 0 Å². The number of ether oxygens (including phenoxy) is 1. The number of allylic oxidation sites excluding steroid dienone is 1. The lowest BCUT2D eigenvalue weighted by atomic mass is 10.0. The lowest BCUT2D eigenvalue weighted by Gasteiger charge is -2.41. The predicted molar refractivity (Wildman–Crippen MR) is 163 cm³/mol. The molecule has 42 heavy (non-hydrogen) atoms. The molecule has 216 valence electrons. The fraction of sp³-hybridized carbons (Fsp3) is 0.323. The number of amides is 2. The zero-order chi connectivity index (χ0) is 29.8. The SMILES string of the molecule is C=CC(=O)N1CCN(c2nc(NCCC(=O)N(C)C)nc3c2CC=C(c2cccc4cccc(Cl)c24)O3)C[C@@H]1CC#N. The van der Waals surface area contributed by atoms with Crippen LogP contribution in [0.4, 0.5) is 11.8 Å². The van der Waals surface area contributed by atoms with Crippen molar-refractivity contribution < 1.29 is 14.3 Å². The molecule has 2 aliphatic rings. The van der Waals surface area contributed by atoms with Crippen molar-refractivity contribution in [3.63, 3.8) is 0 Å². The third-order valence-electron chi connectivity index (χ3n) is 7.45. The largest absolute Gasteiger partial charge is 0.438 e. The maximum atomic E-state index is 12.5. The highest BCUT2D eigenvalue weighted by Crippen LogP contribution is 2.39. The zero-order valence-electron chi connectivity index (χ0n) is 23.6. The van der Waals surface area contributed by atoms with Crippen molar-refractivity contribution in [3.05, 3.63) is 71.3 Å². The molecule has 1 N–H and O–H groups in total. The first-order valence-electron chi connectivity index (χ1n) is 13.8. The summed E-state index contributed by atoms with van der Waals surface area (Å²) in [6, 6.07) is 13.6. The molecule has 2 amide bonds. The average Bonchev–Trinajstić information content (AvgIpc) is 3.00. The third kappa shape index (κ3) is 5.87. The lowest BCUT2D eigenvalue weighted by molar-refractivity contribution is -0.129. The van der Waals surface area contributed by atoms with Crippen molar-refractivity contribution in [2.45, 2.75) is 25.3 Å². The Labute approximate surface area is 249 Å². The monoisotopic (exact) mass is 585 g/mol. The fourth-order valence-corrected chi connectivity index (χ4v) is 5.59. The summed E-state index contributed by atoms with van der Waals surface area (Å²) in [6.07, 6.45) is 4.25. The smallest absolute Gasteiger partial charge is 0.246 e. The molecule has 1 saturated heterocycles. The fourth-order valence-electron chi connectivity index (χ4n) is 5.30. The molecule has 3 heterocycles. The molecule has 0 saturated carbocycles. The second-order valence-electron chi connectivity index (χ2n) is 10.3. The van der Waals surface area contributed by atoms with Crippen LogP contribution < -0.4 is 15.0 Å². The van der Waals surface area contributed by atoms with Crippen LogP contribution in [0.2, 0.25) is 5.02 Å². The maximum absolute atomic E-state index is 12.5. The molecule has 0 unspecified atom stereocenters. The summed E-state index contributed by atoms with van der Waals surface area (Å²) in [5, 5.41) is 15.2. The summed E-state index contributed by atoms with van der Waals surface area (Å²) in [5.41, 5.74) is 1.67. The number of nitrogens with zero attached hydrogens (tertiary/aromatic N) is 6. The Morgan fingerprint density at radius 2 is 2.02 bits per heavy atom. The van der Waals surface area contributed by atoms with Gasteiger partial charge in [-0.2, -0.15) is 15.2 Å². The van der Waals surface area contributed by atoms with E-state index in [-0.39, 0.29) is 30.7 Å². The van der Waals surface area contributed by atoms with Gasteiger partial charge in [0.2, 0.25) is 23.6 Å². The standard InChI is InChI=1S/C31H32ClN7O3/c1-4-26(40)39-18-17-38(19-21(39)13-15-33)29-23-11-12-25(22-9-5-7-20-8-6-10-24(32)28(20)22)42-30(23)36-31(35-29)34-16-14-27(41)37(2)3/h4-10,12,21H,1,11,13-14,16-19H2,2-3H3,(H,34,35,36)/t21-/m0/s1. The highest BCUT2D eigenvalue weighted by molar-refractivity contribution is 6.36. The summed E-state index contributed by atoms with van der Waals surface area (Å²) in [4.78, 5) is 39.5. The third-order valence-corrected chi connectivity index (χ3v) is 7.77. The molecule has 2 aromatic carbocycles. The molecule has 10 nitrogen and oxygen atoms in total. The van der Waals surface area contributed by atoms with Gasteiger partial charge in [0.1, 0.15) is 11.6 Å². The van der Waals surface area contributed by atoms with Crippen molar-refractivity contribution in [1.29, 1.82) is 5.26 Å². The van der Waals surface area contributed by atoms with Gasteiger partial charge in [-0.05, 0) is 23.6 Å². The van der Waals surface area contributed by atoms with Gasteiger partial charge in [0, 0.05) is 69.1 Å². The minimum Gasteiger partial charge on any atom is -0.438 e. The lowest BCUT2D eigenvalue weighted by Crippen LogP contribution is -2.55. The number of piperazine rings is 1. The summed E-state index contributed by atoms with van der Waals surface area (Å²) < 4.78 is 6.45. The number of rotatable bonds is 8. The predicted octanol–water partition coefficient (Wildman–Crippen LogP) is 4.27. The molecule has 1 fully saturated rings. The molecule has 3 aromatic rings. The minimum atomic E-state index is -0.317. The number of halogens is 1. The number of hydrogen-bond acceptors (Lipinski definition) is 8. The van der Waals surface area contributed by atoms with Gasteiger partial charge in [0.25, 0.3) is 0 Å². The van der Waals surface area contributed by atoms with E-state index in [0.29, 0.717) is 61.0 Å². The van der Waals surface area contributed by atoms with Crippen LogP contribution in [0.3, 0.4) is 0 Å². The van der Waals surface area contributed by atoms with Crippen LogP contribution in [0.5, 0.6) is 5.88 Å². The molecule has 1 aromatic heterocycles. The molecular weight excluding hydrogens is 554 g/mol. The van der Waals surface area contributed by atoms with E-state index in [1.54, 1.807) is 19.0 Å². The summed E-state index contributed by atoms with van der Waals surface area (Å²) in [7, 11) is 3.43. The Morgan fingerprint density at radius 3 is 2.76 bits per heavy atom. The van der Waals surface area contributed by atoms with Crippen molar-refractivity contribution in [2.24, 2.45) is 0 Å². The van der Waals surface area contributed by atoms with E-state index in [1.807, 2.05) is 42.5 Å². The first kappa shape index (κ1) is 28.9. The first-order valence-corrected chi connectivity index (χ1v) is 14.1. The Balaban J connectivity index is 1.50. The molecule has 5 rings (SSSR count). The number of aromatic nitrogens is 2. The molecule has 2 aliphatic heterocycles. The maximum Gasteiger partial charge on any atom is 0.246 e. The van der Waals surface area contributed by atoms with Gasteiger partial charge in [-0.25, -0.2) is 0 Å². The quantitative estimate of drug-likeness (QED) is 0.390. The number of nitrogens with one attached hydrogen (secondary N) is 1. The van der Waals surface area contributed by atoms with Gasteiger partial charge in [-0.15, -0.1) is 0 Å². The van der Waals surface area contributed by atoms with E-state index < -0.39 is 0 Å². The van der Waals surface area contributed by atoms with Gasteiger partial charge < -0.3 is 24.8 Å². The average molecular weight is 586 g/mol.